The van der Waals surface area contributed by atoms with E-state index >= 15 is 0 Å². The fourth-order valence-corrected chi connectivity index (χ4v) is 3.21. The van der Waals surface area contributed by atoms with E-state index in [9.17, 15) is 13.2 Å². The van der Waals surface area contributed by atoms with Gasteiger partial charge in [0.25, 0.3) is 0 Å². The Labute approximate surface area is 122 Å². The van der Waals surface area contributed by atoms with Crippen molar-refractivity contribution in [1.82, 2.24) is 9.71 Å². The fourth-order valence-electron chi connectivity index (χ4n) is 1.94. The molecule has 0 aliphatic carbocycles. The summed E-state index contributed by atoms with van der Waals surface area (Å²) in [4.78, 5) is 14.8. The smallest absolute Gasteiger partial charge is 0.306 e. The van der Waals surface area contributed by atoms with Gasteiger partial charge >= 0.3 is 5.97 Å². The van der Waals surface area contributed by atoms with E-state index in [0.717, 1.165) is 5.39 Å². The van der Waals surface area contributed by atoms with Crippen LogP contribution >= 0.6 is 0 Å². The van der Waals surface area contributed by atoms with Gasteiger partial charge in [0.05, 0.1) is 10.8 Å². The maximum absolute atomic E-state index is 12.3. The number of aliphatic carboxylic acids is 1. The lowest BCUT2D eigenvalue weighted by Crippen LogP contribution is -2.27. The lowest BCUT2D eigenvalue weighted by molar-refractivity contribution is -0.141. The summed E-state index contributed by atoms with van der Waals surface area (Å²) in [6, 6.07) is 6.60. The van der Waals surface area contributed by atoms with Gasteiger partial charge in [0.15, 0.2) is 0 Å². The molecule has 0 bridgehead atoms. The second-order valence-corrected chi connectivity index (χ2v) is 6.51. The lowest BCUT2D eigenvalue weighted by atomic mass is 10.1. The fraction of sp³-hybridized carbons (Fsp3) is 0.286. The van der Waals surface area contributed by atoms with E-state index in [-0.39, 0.29) is 17.9 Å². The summed E-state index contributed by atoms with van der Waals surface area (Å²) < 4.78 is 27.1. The number of nitrogens with one attached hydrogen (secondary N) is 1. The van der Waals surface area contributed by atoms with Crippen LogP contribution in [-0.2, 0) is 14.8 Å². The van der Waals surface area contributed by atoms with Crippen molar-refractivity contribution in [3.63, 3.8) is 0 Å². The van der Waals surface area contributed by atoms with Gasteiger partial charge in [-0.2, -0.15) is 0 Å². The molecule has 0 saturated heterocycles. The van der Waals surface area contributed by atoms with Crippen LogP contribution < -0.4 is 4.72 Å². The van der Waals surface area contributed by atoms with Gasteiger partial charge in [-0.3, -0.25) is 9.78 Å². The van der Waals surface area contributed by atoms with Gasteiger partial charge < -0.3 is 5.11 Å². The summed E-state index contributed by atoms with van der Waals surface area (Å²) in [7, 11) is -3.68. The minimum Gasteiger partial charge on any atom is -0.481 e. The molecule has 1 heterocycles. The summed E-state index contributed by atoms with van der Waals surface area (Å²) in [6.07, 6.45) is 3.37. The number of carbonyl (C=O) groups is 1. The van der Waals surface area contributed by atoms with Crippen molar-refractivity contribution in [3.05, 3.63) is 36.7 Å². The van der Waals surface area contributed by atoms with Crippen LogP contribution in [0, 0.1) is 5.92 Å². The molecule has 1 aromatic heterocycles. The number of aromatic nitrogens is 1. The Morgan fingerprint density at radius 3 is 2.86 bits per heavy atom. The Kier molecular flexibility index (Phi) is 4.54. The highest BCUT2D eigenvalue weighted by Gasteiger charge is 2.18. The Balaban J connectivity index is 2.20. The molecule has 0 aliphatic heterocycles. The molecule has 112 valence electrons. The molecule has 0 spiro atoms. The van der Waals surface area contributed by atoms with Gasteiger partial charge in [-0.25, -0.2) is 13.1 Å². The number of nitrogens with zero attached hydrogens (tertiary/aromatic N) is 1. The van der Waals surface area contributed by atoms with Gasteiger partial charge in [-0.15, -0.1) is 0 Å². The molecule has 0 fully saturated rings. The van der Waals surface area contributed by atoms with E-state index in [1.807, 2.05) is 0 Å². The first-order valence-electron chi connectivity index (χ1n) is 6.47. The number of carboxylic acid groups (broad SMARTS) is 1. The Morgan fingerprint density at radius 1 is 1.38 bits per heavy atom. The normalized spacial score (nSPS) is 13.2. The predicted molar refractivity (Wildman–Crippen MR) is 78.3 cm³/mol. The highest BCUT2D eigenvalue weighted by Crippen LogP contribution is 2.21. The largest absolute Gasteiger partial charge is 0.481 e. The molecule has 2 aromatic rings. The van der Waals surface area contributed by atoms with Crippen LogP contribution in [0.3, 0.4) is 0 Å². The van der Waals surface area contributed by atoms with E-state index < -0.39 is 21.9 Å². The minimum absolute atomic E-state index is 0.0806. The molecule has 1 aromatic carbocycles. The van der Waals surface area contributed by atoms with Crippen molar-refractivity contribution in [2.24, 2.45) is 5.92 Å². The molecular formula is C14H16N2O4S. The molecule has 0 saturated carbocycles. The molecule has 0 amide bonds. The monoisotopic (exact) mass is 308 g/mol. The number of hydrogen-bond donors (Lipinski definition) is 2. The third-order valence-electron chi connectivity index (χ3n) is 3.22. The molecule has 21 heavy (non-hydrogen) atoms. The van der Waals surface area contributed by atoms with Crippen molar-refractivity contribution in [3.8, 4) is 0 Å². The highest BCUT2D eigenvalue weighted by atomic mass is 32.2. The second kappa shape index (κ2) is 6.19. The Hall–Kier alpha value is -1.99. The number of sulfonamides is 1. The number of fused-ring (bicyclic) bond motifs is 1. The summed E-state index contributed by atoms with van der Waals surface area (Å²) in [5.74, 6) is -1.53. The molecule has 0 radical (unpaired) electrons. The highest BCUT2D eigenvalue weighted by molar-refractivity contribution is 7.89. The maximum Gasteiger partial charge on any atom is 0.306 e. The average Bonchev–Trinajstić information content (AvgIpc) is 2.46. The molecule has 1 atom stereocenters. The number of carboxylic acids is 1. The van der Waals surface area contributed by atoms with Gasteiger partial charge in [0, 0.05) is 29.7 Å². The summed E-state index contributed by atoms with van der Waals surface area (Å²) in [5, 5.41) is 10.1. The molecule has 7 heteroatoms. The van der Waals surface area contributed by atoms with Crippen molar-refractivity contribution in [2.45, 2.75) is 18.2 Å². The van der Waals surface area contributed by atoms with Crippen LogP contribution in [0.4, 0.5) is 0 Å². The van der Waals surface area contributed by atoms with Crippen LogP contribution in [0.15, 0.2) is 41.6 Å². The number of benzene rings is 1. The van der Waals surface area contributed by atoms with E-state index in [4.69, 9.17) is 5.11 Å². The second-order valence-electron chi connectivity index (χ2n) is 4.78. The molecular weight excluding hydrogens is 292 g/mol. The maximum atomic E-state index is 12.3. The standard InChI is InChI=1S/C14H16N2O4S/c1-10(14(17)18)5-8-16-21(19,20)13-4-2-3-11-9-15-7-6-12(11)13/h2-4,6-7,9-10,16H,5,8H2,1H3,(H,17,18). The predicted octanol–water partition coefficient (Wildman–Crippen LogP) is 1.62. The van der Waals surface area contributed by atoms with Crippen molar-refractivity contribution in [1.29, 1.82) is 0 Å². The lowest BCUT2D eigenvalue weighted by Gasteiger charge is -2.10. The van der Waals surface area contributed by atoms with Gasteiger partial charge in [-0.1, -0.05) is 19.1 Å². The van der Waals surface area contributed by atoms with E-state index in [0.29, 0.717) is 5.39 Å². The molecule has 6 nitrogen and oxygen atoms in total. The zero-order valence-corrected chi connectivity index (χ0v) is 12.3. The van der Waals surface area contributed by atoms with Crippen molar-refractivity contribution in [2.75, 3.05) is 6.54 Å². The molecule has 2 N–H and O–H groups in total. The van der Waals surface area contributed by atoms with Gasteiger partial charge in [-0.05, 0) is 18.6 Å². The summed E-state index contributed by atoms with van der Waals surface area (Å²) >= 11 is 0. The number of pyridine rings is 1. The summed E-state index contributed by atoms with van der Waals surface area (Å²) in [6.45, 7) is 1.62. The molecule has 0 aliphatic rings. The van der Waals surface area contributed by atoms with E-state index in [1.54, 1.807) is 31.3 Å². The Morgan fingerprint density at radius 2 is 2.14 bits per heavy atom. The van der Waals surface area contributed by atoms with Crippen LogP contribution in [0.2, 0.25) is 0 Å². The quantitative estimate of drug-likeness (QED) is 0.845. The van der Waals surface area contributed by atoms with Crippen molar-refractivity contribution >= 4 is 26.8 Å². The SMILES string of the molecule is CC(CCNS(=O)(=O)c1cccc2cnccc12)C(=O)O. The summed E-state index contributed by atoms with van der Waals surface area (Å²) in [5.41, 5.74) is 0. The first-order chi connectivity index (χ1) is 9.92. The van der Waals surface area contributed by atoms with Crippen LogP contribution in [0.1, 0.15) is 13.3 Å². The zero-order chi connectivity index (χ0) is 15.5. The van der Waals surface area contributed by atoms with Gasteiger partial charge in [0.1, 0.15) is 0 Å². The van der Waals surface area contributed by atoms with Gasteiger partial charge in [0.2, 0.25) is 10.0 Å². The van der Waals surface area contributed by atoms with E-state index in [2.05, 4.69) is 9.71 Å². The average molecular weight is 308 g/mol. The third kappa shape index (κ3) is 3.56. The topological polar surface area (TPSA) is 96.4 Å². The first-order valence-corrected chi connectivity index (χ1v) is 7.95. The minimum atomic E-state index is -3.68. The molecule has 1 unspecified atom stereocenters. The zero-order valence-electron chi connectivity index (χ0n) is 11.5. The van der Waals surface area contributed by atoms with Crippen LogP contribution in [0.5, 0.6) is 0 Å². The van der Waals surface area contributed by atoms with Crippen molar-refractivity contribution < 1.29 is 18.3 Å². The molecule has 2 rings (SSSR count). The van der Waals surface area contributed by atoms with E-state index in [1.165, 1.54) is 12.3 Å². The number of hydrogen-bond acceptors (Lipinski definition) is 4. The van der Waals surface area contributed by atoms with Crippen LogP contribution in [0.25, 0.3) is 10.8 Å². The third-order valence-corrected chi connectivity index (χ3v) is 4.74. The Bertz CT molecular complexity index is 753. The number of rotatable bonds is 6. The van der Waals surface area contributed by atoms with Crippen LogP contribution in [-0.4, -0.2) is 31.0 Å². The first kappa shape index (κ1) is 15.4.